The normalized spacial score (nSPS) is 29.8. The molecule has 2 unspecified atom stereocenters. The number of phosphoric acid groups is 1. The number of phosphoric ester groups is 1. The van der Waals surface area contributed by atoms with Gasteiger partial charge >= 0.3 is 15.9 Å². The third kappa shape index (κ3) is 5.99. The Kier molecular flexibility index (Phi) is 8.84. The highest BCUT2D eigenvalue weighted by Crippen LogP contribution is 2.50. The SMILES string of the molecule is CNc1ncnc2c1ncn2[C@@H]1O[C@H](COP(=O)(O)O[C@H]2[C@@H](O)[C@@H](OC[P+](=O)O)O[C@H]2n2cnc3c(=O)[nH]c(N)nc32)[C@H](O)[C@@H]1O. The second-order valence-electron chi connectivity index (χ2n) is 9.99. The first-order valence-corrected chi connectivity index (χ1v) is 16.1. The van der Waals surface area contributed by atoms with E-state index < -0.39 is 83.6 Å². The van der Waals surface area contributed by atoms with Gasteiger partial charge in [0.2, 0.25) is 5.95 Å². The number of nitrogens with two attached hydrogens (primary N) is 1. The van der Waals surface area contributed by atoms with E-state index in [2.05, 4.69) is 35.2 Å². The van der Waals surface area contributed by atoms with Gasteiger partial charge in [0.1, 0.15) is 42.4 Å². The van der Waals surface area contributed by atoms with E-state index in [1.54, 1.807) is 7.05 Å². The average Bonchev–Trinajstić information content (AvgIpc) is 3.76. The van der Waals surface area contributed by atoms with Crippen LogP contribution in [0.2, 0.25) is 0 Å². The molecule has 46 heavy (non-hydrogen) atoms. The zero-order valence-electron chi connectivity index (χ0n) is 23.4. The summed E-state index contributed by atoms with van der Waals surface area (Å²) in [4.78, 5) is 54.6. The standard InChI is InChI=1S/C21H26N10O13P2/c1-23-14-8-15(25-3-24-14)30(4-26-8)18-11(33)10(32)7(42-18)2-41-46(38,39)44-13-12(34)20(40-6-45(36)37)43-19(13)31-5-27-9-16(31)28-21(22)29-17(9)35/h3-5,7,10-13,18-20,32-34H,2,6H2,1H3,(H5-,22,23,24,25,28,29,35,36,37,38,39)/p+1/t7-,10+,11+,12-,13+,18-,19-,20+/m1/s1. The number of nitrogens with one attached hydrogen (secondary N) is 2. The second-order valence-corrected chi connectivity index (χ2v) is 12.4. The van der Waals surface area contributed by atoms with Crippen molar-refractivity contribution in [3.05, 3.63) is 29.3 Å². The van der Waals surface area contributed by atoms with Gasteiger partial charge in [-0.2, -0.15) is 9.88 Å². The number of hydrogen-bond donors (Lipinski definition) is 8. The molecule has 23 nitrogen and oxygen atoms in total. The van der Waals surface area contributed by atoms with Crippen LogP contribution in [0.3, 0.4) is 0 Å². The first-order valence-electron chi connectivity index (χ1n) is 13.2. The van der Waals surface area contributed by atoms with Crippen molar-refractivity contribution in [1.82, 2.24) is 39.0 Å². The van der Waals surface area contributed by atoms with Crippen molar-refractivity contribution in [3.8, 4) is 0 Å². The Bertz CT molecular complexity index is 1870. The Balaban J connectivity index is 1.20. The molecule has 0 bridgehead atoms. The van der Waals surface area contributed by atoms with Crippen LogP contribution in [-0.4, -0.2) is 121 Å². The fourth-order valence-electron chi connectivity index (χ4n) is 5.03. The van der Waals surface area contributed by atoms with Crippen LogP contribution in [0.5, 0.6) is 0 Å². The molecule has 0 aliphatic carbocycles. The van der Waals surface area contributed by atoms with Crippen molar-refractivity contribution in [2.45, 2.75) is 49.3 Å². The highest BCUT2D eigenvalue weighted by molar-refractivity contribution is 7.47. The van der Waals surface area contributed by atoms with E-state index >= 15 is 0 Å². The molecule has 2 saturated heterocycles. The van der Waals surface area contributed by atoms with Crippen molar-refractivity contribution in [2.24, 2.45) is 0 Å². The van der Waals surface area contributed by atoms with Crippen LogP contribution in [0.4, 0.5) is 11.8 Å². The number of aliphatic hydroxyl groups is 3. The highest BCUT2D eigenvalue weighted by Gasteiger charge is 2.52. The zero-order valence-corrected chi connectivity index (χ0v) is 25.2. The van der Waals surface area contributed by atoms with Crippen LogP contribution < -0.4 is 16.6 Å². The summed E-state index contributed by atoms with van der Waals surface area (Å²) >= 11 is 0. The van der Waals surface area contributed by atoms with Gasteiger partial charge in [0.15, 0.2) is 41.4 Å². The molecule has 0 saturated carbocycles. The van der Waals surface area contributed by atoms with Gasteiger partial charge in [0.25, 0.3) is 11.9 Å². The van der Waals surface area contributed by atoms with E-state index in [-0.39, 0.29) is 22.8 Å². The number of nitrogen functional groups attached to an aromatic ring is 1. The summed E-state index contributed by atoms with van der Waals surface area (Å²) < 4.78 is 53.6. The number of fused-ring (bicyclic) bond motifs is 2. The maximum atomic E-state index is 13.1. The first-order chi connectivity index (χ1) is 21.9. The highest BCUT2D eigenvalue weighted by atomic mass is 31.2. The number of nitrogens with zero attached hydrogens (tertiary/aromatic N) is 7. The molecule has 2 aliphatic rings. The maximum absolute atomic E-state index is 13.1. The molecule has 0 radical (unpaired) electrons. The number of rotatable bonds is 11. The van der Waals surface area contributed by atoms with E-state index in [9.17, 15) is 34.1 Å². The van der Waals surface area contributed by atoms with Crippen molar-refractivity contribution in [3.63, 3.8) is 0 Å². The Labute approximate surface area is 256 Å². The maximum Gasteiger partial charge on any atom is 0.534 e. The third-order valence-electron chi connectivity index (χ3n) is 7.11. The summed E-state index contributed by atoms with van der Waals surface area (Å²) in [5.41, 5.74) is 5.20. The zero-order chi connectivity index (χ0) is 32.9. The van der Waals surface area contributed by atoms with Gasteiger partial charge in [-0.15, -0.1) is 0 Å². The fraction of sp³-hybridized carbons (Fsp3) is 0.524. The molecule has 248 valence electrons. The average molecular weight is 689 g/mol. The van der Waals surface area contributed by atoms with E-state index in [0.29, 0.717) is 11.3 Å². The minimum atomic E-state index is -5.16. The summed E-state index contributed by atoms with van der Waals surface area (Å²) in [5, 5.41) is 35.1. The number of aromatic nitrogens is 8. The lowest BCUT2D eigenvalue weighted by Gasteiger charge is -2.24. The molecule has 25 heteroatoms. The van der Waals surface area contributed by atoms with Gasteiger partial charge in [0, 0.05) is 7.05 Å². The van der Waals surface area contributed by atoms with Crippen LogP contribution >= 0.6 is 15.9 Å². The van der Waals surface area contributed by atoms with Crippen molar-refractivity contribution in [1.29, 1.82) is 0 Å². The van der Waals surface area contributed by atoms with Gasteiger partial charge in [-0.3, -0.25) is 28.0 Å². The number of anilines is 2. The quantitative estimate of drug-likeness (QED) is 0.0763. The summed E-state index contributed by atoms with van der Waals surface area (Å²) in [6.07, 6.45) is -9.74. The molecule has 6 rings (SSSR count). The summed E-state index contributed by atoms with van der Waals surface area (Å²) in [7, 11) is -6.36. The third-order valence-corrected chi connectivity index (χ3v) is 8.46. The molecular weight excluding hydrogens is 662 g/mol. The topological polar surface area (TPSA) is 327 Å². The molecule has 9 N–H and O–H groups in total. The van der Waals surface area contributed by atoms with Gasteiger partial charge < -0.3 is 45.5 Å². The lowest BCUT2D eigenvalue weighted by Crippen LogP contribution is -2.36. The molecule has 0 spiro atoms. The van der Waals surface area contributed by atoms with Crippen molar-refractivity contribution < 1.29 is 57.5 Å². The summed E-state index contributed by atoms with van der Waals surface area (Å²) in [6, 6.07) is 0. The largest absolute Gasteiger partial charge is 0.534 e. The smallest absolute Gasteiger partial charge is 0.387 e. The predicted octanol–water partition coefficient (Wildman–Crippen LogP) is -2.37. The van der Waals surface area contributed by atoms with Gasteiger partial charge in [-0.1, -0.05) is 0 Å². The Morgan fingerprint density at radius 1 is 1.07 bits per heavy atom. The number of imidazole rings is 2. The summed E-state index contributed by atoms with van der Waals surface area (Å²) in [6.45, 7) is -0.785. The van der Waals surface area contributed by atoms with Crippen molar-refractivity contribution in [2.75, 3.05) is 31.1 Å². The Morgan fingerprint density at radius 3 is 2.50 bits per heavy atom. The van der Waals surface area contributed by atoms with E-state index in [1.807, 2.05) is 0 Å². The number of hydrogen-bond acceptors (Lipinski definition) is 18. The number of ether oxygens (including phenoxy) is 3. The van der Waals surface area contributed by atoms with Crippen LogP contribution in [0.15, 0.2) is 23.8 Å². The predicted molar refractivity (Wildman–Crippen MR) is 150 cm³/mol. The molecule has 4 aromatic rings. The molecule has 2 fully saturated rings. The van der Waals surface area contributed by atoms with Crippen molar-refractivity contribution >= 4 is 49.9 Å². The number of aliphatic hydroxyl groups excluding tert-OH is 3. The fourth-order valence-corrected chi connectivity index (χ4v) is 6.24. The van der Waals surface area contributed by atoms with E-state index in [1.165, 1.54) is 17.2 Å². The second kappa shape index (κ2) is 12.6. The van der Waals surface area contributed by atoms with Crippen LogP contribution in [0, 0.1) is 0 Å². The minimum Gasteiger partial charge on any atom is -0.387 e. The lowest BCUT2D eigenvalue weighted by molar-refractivity contribution is -0.166. The number of H-pyrrole nitrogens is 1. The molecule has 2 aliphatic heterocycles. The molecule has 0 amide bonds. The van der Waals surface area contributed by atoms with E-state index in [0.717, 1.165) is 10.9 Å². The van der Waals surface area contributed by atoms with E-state index in [4.69, 9.17) is 33.9 Å². The minimum absolute atomic E-state index is 0.156. The van der Waals surface area contributed by atoms with Crippen LogP contribution in [0.25, 0.3) is 22.3 Å². The molecule has 0 aromatic carbocycles. The molecule has 4 aromatic heterocycles. The molecule has 6 heterocycles. The Morgan fingerprint density at radius 2 is 1.78 bits per heavy atom. The summed E-state index contributed by atoms with van der Waals surface area (Å²) in [5.74, 6) is 0.102. The molecule has 10 atom stereocenters. The first kappa shape index (κ1) is 32.4. The van der Waals surface area contributed by atoms with Gasteiger partial charge in [0.05, 0.1) is 19.3 Å². The van der Waals surface area contributed by atoms with Gasteiger partial charge in [-0.25, -0.2) is 24.5 Å². The monoisotopic (exact) mass is 689 g/mol. The number of aromatic amines is 1. The Hall–Kier alpha value is -3.57. The van der Waals surface area contributed by atoms with Gasteiger partial charge in [-0.05, 0) is 4.57 Å². The molecular formula is C21H27N10O13P2+. The van der Waals surface area contributed by atoms with Crippen LogP contribution in [-0.2, 0) is 32.4 Å². The lowest BCUT2D eigenvalue weighted by atomic mass is 10.1. The van der Waals surface area contributed by atoms with Crippen LogP contribution in [0.1, 0.15) is 12.5 Å².